The van der Waals surface area contributed by atoms with E-state index in [1.54, 1.807) is 6.92 Å². The molecule has 100 valence electrons. The highest BCUT2D eigenvalue weighted by Crippen LogP contribution is 2.28. The maximum Gasteiger partial charge on any atom is 0.573 e. The van der Waals surface area contributed by atoms with Crippen LogP contribution in [0.2, 0.25) is 0 Å². The normalized spacial score (nSPS) is 12.9. The molecule has 0 aromatic heterocycles. The van der Waals surface area contributed by atoms with Crippen LogP contribution in [0.4, 0.5) is 13.2 Å². The van der Waals surface area contributed by atoms with E-state index in [0.29, 0.717) is 5.56 Å². The second-order valence-electron chi connectivity index (χ2n) is 3.23. The Balaban J connectivity index is 2.73. The van der Waals surface area contributed by atoms with Gasteiger partial charge in [-0.2, -0.15) is 0 Å². The summed E-state index contributed by atoms with van der Waals surface area (Å²) < 4.78 is 44.3. The third kappa shape index (κ3) is 4.56. The van der Waals surface area contributed by atoms with Gasteiger partial charge in [0.15, 0.2) is 0 Å². The van der Waals surface area contributed by atoms with Gasteiger partial charge in [-0.25, -0.2) is 0 Å². The molecule has 0 aliphatic carbocycles. The van der Waals surface area contributed by atoms with Crippen LogP contribution in [-0.2, 0) is 9.53 Å². The molecule has 0 saturated carbocycles. The summed E-state index contributed by atoms with van der Waals surface area (Å²) in [4.78, 5) is 10.7. The minimum Gasteiger partial charge on any atom is -0.465 e. The summed E-state index contributed by atoms with van der Waals surface area (Å²) in [5, 5.41) is 0. The summed E-state index contributed by atoms with van der Waals surface area (Å²) in [6.45, 7) is 1.90. The number of esters is 1. The molecule has 0 fully saturated rings. The summed E-state index contributed by atoms with van der Waals surface area (Å²) in [6.07, 6.45) is -4.73. The van der Waals surface area contributed by atoms with E-state index < -0.39 is 17.2 Å². The Labute approximate surface area is 110 Å². The van der Waals surface area contributed by atoms with Crippen LogP contribution < -0.4 is 4.74 Å². The smallest absolute Gasteiger partial charge is 0.465 e. The van der Waals surface area contributed by atoms with Crippen LogP contribution in [0.25, 0.3) is 0 Å². The largest absolute Gasteiger partial charge is 0.573 e. The highest BCUT2D eigenvalue weighted by molar-refractivity contribution is 9.09. The summed E-state index contributed by atoms with van der Waals surface area (Å²) in [5.41, 5.74) is 0.489. The molecule has 0 saturated heterocycles. The lowest BCUT2D eigenvalue weighted by atomic mass is 10.1. The molecule has 0 amide bonds. The highest BCUT2D eigenvalue weighted by atomic mass is 79.9. The first-order valence-corrected chi connectivity index (χ1v) is 5.91. The average Bonchev–Trinajstić information content (AvgIpc) is 2.27. The molecular formula is C11H10BrF3O3. The van der Waals surface area contributed by atoms with Gasteiger partial charge in [0.2, 0.25) is 0 Å². The van der Waals surface area contributed by atoms with E-state index in [1.165, 1.54) is 12.1 Å². The van der Waals surface area contributed by atoms with Gasteiger partial charge in [-0.3, -0.25) is 4.79 Å². The standard InChI is InChI=1S/C11H10BrF3O3/c1-2-17-10(16)9(12)7-3-5-8(6-4-7)18-11(13,14)15/h3-6,9H,2H2,1H3. The third-order valence-electron chi connectivity index (χ3n) is 1.90. The Kier molecular flexibility index (Phi) is 5.01. The number of ether oxygens (including phenoxy) is 2. The number of carbonyl (C=O) groups excluding carboxylic acids is 1. The molecule has 1 atom stereocenters. The van der Waals surface area contributed by atoms with E-state index in [0.717, 1.165) is 12.1 Å². The molecule has 0 bridgehead atoms. The van der Waals surface area contributed by atoms with Crippen molar-refractivity contribution < 1.29 is 27.4 Å². The van der Waals surface area contributed by atoms with Crippen molar-refractivity contribution in [2.24, 2.45) is 0 Å². The highest BCUT2D eigenvalue weighted by Gasteiger charge is 2.31. The lowest BCUT2D eigenvalue weighted by Gasteiger charge is -2.11. The van der Waals surface area contributed by atoms with Gasteiger partial charge in [-0.05, 0) is 24.6 Å². The predicted octanol–water partition coefficient (Wildman–Crippen LogP) is 3.58. The number of carbonyl (C=O) groups is 1. The van der Waals surface area contributed by atoms with Gasteiger partial charge in [-0.15, -0.1) is 13.2 Å². The van der Waals surface area contributed by atoms with Crippen molar-refractivity contribution in [3.05, 3.63) is 29.8 Å². The number of hydrogen-bond donors (Lipinski definition) is 0. The molecule has 7 heteroatoms. The van der Waals surface area contributed by atoms with E-state index in [9.17, 15) is 18.0 Å². The second kappa shape index (κ2) is 6.08. The Hall–Kier alpha value is -1.24. The summed E-state index contributed by atoms with van der Waals surface area (Å²) >= 11 is 3.10. The zero-order valence-electron chi connectivity index (χ0n) is 9.33. The SMILES string of the molecule is CCOC(=O)C(Br)c1ccc(OC(F)(F)F)cc1. The summed E-state index contributed by atoms with van der Waals surface area (Å²) in [6, 6.07) is 4.99. The molecule has 0 N–H and O–H groups in total. The van der Waals surface area contributed by atoms with Gasteiger partial charge in [0.25, 0.3) is 0 Å². The van der Waals surface area contributed by atoms with Crippen molar-refractivity contribution in [1.82, 2.24) is 0 Å². The second-order valence-corrected chi connectivity index (χ2v) is 4.15. The molecule has 1 aromatic carbocycles. The van der Waals surface area contributed by atoms with Crippen LogP contribution in [0, 0.1) is 0 Å². The molecule has 0 spiro atoms. The number of benzene rings is 1. The first-order valence-electron chi connectivity index (χ1n) is 5.00. The molecule has 1 unspecified atom stereocenters. The van der Waals surface area contributed by atoms with Crippen molar-refractivity contribution >= 4 is 21.9 Å². The Morgan fingerprint density at radius 2 is 1.89 bits per heavy atom. The van der Waals surface area contributed by atoms with Gasteiger partial charge in [0.1, 0.15) is 10.6 Å². The van der Waals surface area contributed by atoms with Crippen LogP contribution in [0.5, 0.6) is 5.75 Å². The minimum atomic E-state index is -4.73. The molecule has 18 heavy (non-hydrogen) atoms. The van der Waals surface area contributed by atoms with Crippen LogP contribution in [0.15, 0.2) is 24.3 Å². The van der Waals surface area contributed by atoms with E-state index in [-0.39, 0.29) is 12.4 Å². The minimum absolute atomic E-state index is 0.232. The molecule has 1 aromatic rings. The van der Waals surface area contributed by atoms with E-state index in [2.05, 4.69) is 20.7 Å². The van der Waals surface area contributed by atoms with Crippen molar-refractivity contribution in [2.75, 3.05) is 6.61 Å². The number of hydrogen-bond acceptors (Lipinski definition) is 3. The zero-order valence-corrected chi connectivity index (χ0v) is 10.9. The lowest BCUT2D eigenvalue weighted by molar-refractivity contribution is -0.274. The molecular weight excluding hydrogens is 317 g/mol. The number of rotatable bonds is 4. The zero-order chi connectivity index (χ0) is 13.8. The molecule has 0 aliphatic rings. The number of alkyl halides is 4. The monoisotopic (exact) mass is 326 g/mol. The Morgan fingerprint density at radius 3 is 2.33 bits per heavy atom. The van der Waals surface area contributed by atoms with Crippen LogP contribution in [0.1, 0.15) is 17.3 Å². The van der Waals surface area contributed by atoms with Crippen molar-refractivity contribution in [3.8, 4) is 5.75 Å². The molecule has 0 aliphatic heterocycles. The Bertz CT molecular complexity index is 403. The molecule has 3 nitrogen and oxygen atoms in total. The van der Waals surface area contributed by atoms with E-state index in [4.69, 9.17) is 4.74 Å². The van der Waals surface area contributed by atoms with Gasteiger partial charge in [0, 0.05) is 0 Å². The van der Waals surface area contributed by atoms with Crippen molar-refractivity contribution in [1.29, 1.82) is 0 Å². The summed E-state index contributed by atoms with van der Waals surface area (Å²) in [7, 11) is 0. The van der Waals surface area contributed by atoms with Gasteiger partial charge < -0.3 is 9.47 Å². The fourth-order valence-electron chi connectivity index (χ4n) is 1.19. The Morgan fingerprint density at radius 1 is 1.33 bits per heavy atom. The number of halogens is 4. The van der Waals surface area contributed by atoms with E-state index in [1.807, 2.05) is 0 Å². The quantitative estimate of drug-likeness (QED) is 0.626. The fraction of sp³-hybridized carbons (Fsp3) is 0.364. The maximum atomic E-state index is 11.9. The van der Waals surface area contributed by atoms with Crippen LogP contribution in [0.3, 0.4) is 0 Å². The lowest BCUT2D eigenvalue weighted by Crippen LogP contribution is -2.17. The summed E-state index contributed by atoms with van der Waals surface area (Å²) in [5.74, 6) is -0.836. The van der Waals surface area contributed by atoms with Crippen LogP contribution in [-0.4, -0.2) is 18.9 Å². The molecule has 1 rings (SSSR count). The predicted molar refractivity (Wildman–Crippen MR) is 61.4 cm³/mol. The maximum absolute atomic E-state index is 11.9. The average molecular weight is 327 g/mol. The van der Waals surface area contributed by atoms with Crippen molar-refractivity contribution in [2.45, 2.75) is 18.1 Å². The topological polar surface area (TPSA) is 35.5 Å². The first-order chi connectivity index (χ1) is 8.33. The first kappa shape index (κ1) is 14.8. The van der Waals surface area contributed by atoms with Crippen molar-refractivity contribution in [3.63, 3.8) is 0 Å². The van der Waals surface area contributed by atoms with Gasteiger partial charge in [0.05, 0.1) is 6.61 Å². The van der Waals surface area contributed by atoms with Crippen LogP contribution >= 0.6 is 15.9 Å². The van der Waals surface area contributed by atoms with Gasteiger partial charge >= 0.3 is 12.3 Å². The van der Waals surface area contributed by atoms with E-state index >= 15 is 0 Å². The fourth-order valence-corrected chi connectivity index (χ4v) is 1.63. The third-order valence-corrected chi connectivity index (χ3v) is 2.80. The molecule has 0 heterocycles. The molecule has 0 radical (unpaired) electrons. The van der Waals surface area contributed by atoms with Gasteiger partial charge in [-0.1, -0.05) is 28.1 Å².